The average molecular weight is 462 g/mol. The summed E-state index contributed by atoms with van der Waals surface area (Å²) in [6.07, 6.45) is 0. The zero-order chi connectivity index (χ0) is 22.7. The summed E-state index contributed by atoms with van der Waals surface area (Å²) in [5.74, 6) is -0.0453. The Morgan fingerprint density at radius 2 is 1.97 bits per heavy atom. The number of nitrogens with zero attached hydrogens (tertiary/aromatic N) is 2. The molecule has 1 heterocycles. The first-order valence-corrected chi connectivity index (χ1v) is 11.2. The number of amides is 2. The third-order valence-corrected chi connectivity index (χ3v) is 6.56. The van der Waals surface area contributed by atoms with Crippen LogP contribution in [0.2, 0.25) is 5.02 Å². The predicted octanol–water partition coefficient (Wildman–Crippen LogP) is 5.24. The first kappa shape index (κ1) is 23.1. The maximum absolute atomic E-state index is 12.6. The number of nitrogens with one attached hydrogen (secondary N) is 1. The molecule has 164 valence electrons. The van der Waals surface area contributed by atoms with Gasteiger partial charge in [0, 0.05) is 5.02 Å². The average Bonchev–Trinajstić information content (AvgIpc) is 3.01. The summed E-state index contributed by atoms with van der Waals surface area (Å²) in [5.41, 5.74) is 5.34. The van der Waals surface area contributed by atoms with Crippen LogP contribution in [0.15, 0.2) is 41.6 Å². The van der Waals surface area contributed by atoms with Crippen molar-refractivity contribution in [1.29, 1.82) is 0 Å². The van der Waals surface area contributed by atoms with E-state index in [0.717, 1.165) is 11.1 Å². The van der Waals surface area contributed by atoms with Crippen LogP contribution in [0.1, 0.15) is 48.8 Å². The number of hydrogen-bond acceptors (Lipinski definition) is 6. The zero-order valence-corrected chi connectivity index (χ0v) is 19.3. The second-order valence-electron chi connectivity index (χ2n) is 7.64. The van der Waals surface area contributed by atoms with Gasteiger partial charge in [-0.2, -0.15) is 0 Å². The smallest absolute Gasteiger partial charge is 0.276 e. The second-order valence-corrected chi connectivity index (χ2v) is 9.50. The van der Waals surface area contributed by atoms with Gasteiger partial charge in [-0.3, -0.25) is 15.0 Å². The summed E-state index contributed by atoms with van der Waals surface area (Å²) in [5, 5.41) is 4.34. The van der Waals surface area contributed by atoms with E-state index in [4.69, 9.17) is 16.3 Å². The molecule has 9 heteroatoms. The van der Waals surface area contributed by atoms with Crippen LogP contribution in [0.3, 0.4) is 0 Å². The van der Waals surface area contributed by atoms with Crippen molar-refractivity contribution in [3.05, 3.63) is 63.0 Å². The molecule has 1 aliphatic rings. The van der Waals surface area contributed by atoms with E-state index < -0.39 is 5.91 Å². The number of thioether (sulfide) groups is 1. The number of carbonyl (C=O) groups excluding carboxylic acids is 2. The van der Waals surface area contributed by atoms with E-state index in [2.05, 4.69) is 10.6 Å². The lowest BCUT2D eigenvalue weighted by Gasteiger charge is -2.25. The fourth-order valence-corrected chi connectivity index (χ4v) is 4.60. The van der Waals surface area contributed by atoms with Gasteiger partial charge in [0.05, 0.1) is 5.25 Å². The molecule has 1 aliphatic heterocycles. The van der Waals surface area contributed by atoms with Crippen molar-refractivity contribution in [2.75, 3.05) is 6.61 Å². The minimum Gasteiger partial charge on any atom is -0.483 e. The summed E-state index contributed by atoms with van der Waals surface area (Å²) < 4.78 is 5.75. The standard InChI is InChI=1S/C22H24ClN3O4S/c1-12(2)17-10-18(25-29)13(3)9-19(17)30-11-20(27)24-26-21(28)14(4)31-22(26)15-5-7-16(23)8-6-15/h5-10,12,14,22H,11H2,1-4H3,(H,24,27). The lowest BCUT2D eigenvalue weighted by Crippen LogP contribution is -2.47. The highest BCUT2D eigenvalue weighted by atomic mass is 35.5. The van der Waals surface area contributed by atoms with Crippen LogP contribution in [0, 0.1) is 11.8 Å². The molecule has 0 bridgehead atoms. The van der Waals surface area contributed by atoms with Crippen molar-refractivity contribution >= 4 is 40.9 Å². The predicted molar refractivity (Wildman–Crippen MR) is 122 cm³/mol. The number of ether oxygens (including phenoxy) is 1. The monoisotopic (exact) mass is 461 g/mol. The molecule has 1 fully saturated rings. The Balaban J connectivity index is 1.72. The highest BCUT2D eigenvalue weighted by Gasteiger charge is 2.39. The molecular weight excluding hydrogens is 438 g/mol. The Morgan fingerprint density at radius 1 is 1.29 bits per heavy atom. The normalized spacial score (nSPS) is 18.4. The molecule has 2 unspecified atom stereocenters. The van der Waals surface area contributed by atoms with Gasteiger partial charge in [-0.25, -0.2) is 5.01 Å². The van der Waals surface area contributed by atoms with Crippen molar-refractivity contribution in [2.24, 2.45) is 5.18 Å². The highest BCUT2D eigenvalue weighted by molar-refractivity contribution is 8.01. The van der Waals surface area contributed by atoms with E-state index >= 15 is 0 Å². The summed E-state index contributed by atoms with van der Waals surface area (Å²) in [7, 11) is 0. The number of halogens is 1. The molecule has 1 saturated heterocycles. The van der Waals surface area contributed by atoms with Gasteiger partial charge >= 0.3 is 0 Å². The summed E-state index contributed by atoms with van der Waals surface area (Å²) in [6, 6.07) is 10.6. The molecule has 7 nitrogen and oxygen atoms in total. The number of carbonyl (C=O) groups is 2. The molecule has 31 heavy (non-hydrogen) atoms. The number of aryl methyl sites for hydroxylation is 1. The minimum atomic E-state index is -0.452. The van der Waals surface area contributed by atoms with Crippen molar-refractivity contribution in [3.63, 3.8) is 0 Å². The summed E-state index contributed by atoms with van der Waals surface area (Å²) in [6.45, 7) is 7.21. The highest BCUT2D eigenvalue weighted by Crippen LogP contribution is 2.42. The van der Waals surface area contributed by atoms with Gasteiger partial charge in [-0.15, -0.1) is 16.7 Å². The van der Waals surface area contributed by atoms with E-state index in [1.165, 1.54) is 16.8 Å². The van der Waals surface area contributed by atoms with Crippen LogP contribution in [0.5, 0.6) is 5.75 Å². The van der Waals surface area contributed by atoms with Crippen LogP contribution in [0.4, 0.5) is 5.69 Å². The molecular formula is C22H24ClN3O4S. The molecule has 0 saturated carbocycles. The summed E-state index contributed by atoms with van der Waals surface area (Å²) in [4.78, 5) is 36.2. The SMILES string of the molecule is Cc1cc(OCC(=O)NN2C(=O)C(C)SC2c2ccc(Cl)cc2)c(C(C)C)cc1N=O. The van der Waals surface area contributed by atoms with Gasteiger partial charge in [0.25, 0.3) is 11.8 Å². The zero-order valence-electron chi connectivity index (χ0n) is 17.7. The fraction of sp³-hybridized carbons (Fsp3) is 0.364. The van der Waals surface area contributed by atoms with E-state index in [-0.39, 0.29) is 29.1 Å². The third-order valence-electron chi connectivity index (χ3n) is 4.96. The Bertz CT molecular complexity index is 997. The number of hydrazine groups is 1. The van der Waals surface area contributed by atoms with Crippen molar-refractivity contribution < 1.29 is 14.3 Å². The van der Waals surface area contributed by atoms with Gasteiger partial charge in [0.2, 0.25) is 0 Å². The second kappa shape index (κ2) is 9.70. The van der Waals surface area contributed by atoms with Crippen LogP contribution in [-0.4, -0.2) is 28.7 Å². The van der Waals surface area contributed by atoms with Crippen LogP contribution in [0.25, 0.3) is 0 Å². The van der Waals surface area contributed by atoms with Gasteiger partial charge < -0.3 is 4.74 Å². The maximum atomic E-state index is 12.6. The van der Waals surface area contributed by atoms with E-state index in [1.807, 2.05) is 26.0 Å². The fourth-order valence-electron chi connectivity index (χ4n) is 3.26. The van der Waals surface area contributed by atoms with Gasteiger partial charge in [-0.05, 0) is 65.9 Å². The van der Waals surface area contributed by atoms with E-state index in [9.17, 15) is 14.5 Å². The lowest BCUT2D eigenvalue weighted by atomic mass is 9.99. The Morgan fingerprint density at radius 3 is 2.58 bits per heavy atom. The summed E-state index contributed by atoms with van der Waals surface area (Å²) >= 11 is 7.41. The van der Waals surface area contributed by atoms with Crippen LogP contribution >= 0.6 is 23.4 Å². The molecule has 1 N–H and O–H groups in total. The van der Waals surface area contributed by atoms with Crippen LogP contribution in [-0.2, 0) is 9.59 Å². The maximum Gasteiger partial charge on any atom is 0.276 e. The molecule has 0 aromatic heterocycles. The largest absolute Gasteiger partial charge is 0.483 e. The Kier molecular flexibility index (Phi) is 7.23. The Hall–Kier alpha value is -2.58. The van der Waals surface area contributed by atoms with Crippen molar-refractivity contribution in [2.45, 2.75) is 44.2 Å². The number of nitroso groups, excluding NO2 is 1. The van der Waals surface area contributed by atoms with Crippen molar-refractivity contribution in [3.8, 4) is 5.75 Å². The molecule has 2 aromatic carbocycles. The number of hydrogen-bond donors (Lipinski definition) is 1. The quantitative estimate of drug-likeness (QED) is 0.569. The number of benzene rings is 2. The lowest BCUT2D eigenvalue weighted by molar-refractivity contribution is -0.141. The van der Waals surface area contributed by atoms with E-state index in [0.29, 0.717) is 22.0 Å². The topological polar surface area (TPSA) is 88.1 Å². The molecule has 3 rings (SSSR count). The van der Waals surface area contributed by atoms with Crippen LogP contribution < -0.4 is 10.2 Å². The molecule has 2 aromatic rings. The molecule has 2 amide bonds. The molecule has 2 atom stereocenters. The molecule has 0 aliphatic carbocycles. The first-order valence-electron chi connectivity index (χ1n) is 9.85. The minimum absolute atomic E-state index is 0.0749. The van der Waals surface area contributed by atoms with Gasteiger partial charge in [0.1, 0.15) is 16.8 Å². The molecule has 0 radical (unpaired) electrons. The van der Waals surface area contributed by atoms with E-state index in [1.54, 1.807) is 38.1 Å². The van der Waals surface area contributed by atoms with Crippen molar-refractivity contribution in [1.82, 2.24) is 10.4 Å². The molecule has 0 spiro atoms. The third kappa shape index (κ3) is 5.19. The number of rotatable bonds is 7. The van der Waals surface area contributed by atoms with Gasteiger partial charge in [-0.1, -0.05) is 37.6 Å². The first-order chi connectivity index (χ1) is 14.7. The Labute approximate surface area is 190 Å². The van der Waals surface area contributed by atoms with Gasteiger partial charge in [0.15, 0.2) is 6.61 Å².